The molecule has 0 radical (unpaired) electrons. The molecule has 11 nitrogen and oxygen atoms in total. The van der Waals surface area contributed by atoms with Crippen molar-refractivity contribution in [2.45, 2.75) is 0 Å². The van der Waals surface area contributed by atoms with E-state index < -0.39 is 43.3 Å². The number of anilines is 1. The van der Waals surface area contributed by atoms with Crippen molar-refractivity contribution in [3.8, 4) is 5.75 Å². The number of nitrogens with two attached hydrogens (primary N) is 1. The average Bonchev–Trinajstić information content (AvgIpc) is 2.14. The van der Waals surface area contributed by atoms with Crippen LogP contribution in [0.3, 0.4) is 0 Å². The van der Waals surface area contributed by atoms with Crippen LogP contribution in [0.25, 0.3) is 0 Å². The molecule has 3 N–H and O–H groups in total. The number of phenols is 1. The zero-order chi connectivity index (χ0) is 13.3. The van der Waals surface area contributed by atoms with Gasteiger partial charge in [0.05, 0.1) is 20.8 Å². The van der Waals surface area contributed by atoms with E-state index in [0.717, 1.165) is 0 Å². The van der Waals surface area contributed by atoms with Crippen molar-refractivity contribution in [3.05, 3.63) is 36.4 Å². The number of benzene rings is 1. The van der Waals surface area contributed by atoms with E-state index in [1.165, 1.54) is 0 Å². The predicted octanol–water partition coefficient (Wildman–Crippen LogP) is 0.699. The van der Waals surface area contributed by atoms with Crippen molar-refractivity contribution in [2.75, 3.05) is 5.73 Å². The summed E-state index contributed by atoms with van der Waals surface area (Å²) in [4.78, 5) is 27.9. The van der Waals surface area contributed by atoms with Gasteiger partial charge >= 0.3 is 17.1 Å². The van der Waals surface area contributed by atoms with E-state index in [2.05, 4.69) is 0 Å². The lowest BCUT2D eigenvalue weighted by atomic mass is 10.2. The van der Waals surface area contributed by atoms with Gasteiger partial charge < -0.3 is 10.8 Å². The molecule has 0 aliphatic heterocycles. The topological polar surface area (TPSA) is 176 Å². The van der Waals surface area contributed by atoms with E-state index >= 15 is 0 Å². The average molecular weight is 244 g/mol. The molecule has 90 valence electrons. The molecule has 0 amide bonds. The van der Waals surface area contributed by atoms with Gasteiger partial charge in [-0.25, -0.2) is 0 Å². The lowest BCUT2D eigenvalue weighted by molar-refractivity contribution is -0.423. The van der Waals surface area contributed by atoms with Crippen molar-refractivity contribution in [2.24, 2.45) is 0 Å². The van der Waals surface area contributed by atoms with Crippen LogP contribution in [0.5, 0.6) is 5.75 Å². The van der Waals surface area contributed by atoms with Gasteiger partial charge in [-0.15, -0.1) is 0 Å². The quantitative estimate of drug-likeness (QED) is 0.443. The van der Waals surface area contributed by atoms with Gasteiger partial charge in [0.2, 0.25) is 11.4 Å². The molecule has 0 bridgehead atoms. The Hall–Kier alpha value is -2.98. The zero-order valence-corrected chi connectivity index (χ0v) is 7.89. The fourth-order valence-corrected chi connectivity index (χ4v) is 1.18. The summed E-state index contributed by atoms with van der Waals surface area (Å²) in [5.41, 5.74) is 0.539. The van der Waals surface area contributed by atoms with Gasteiger partial charge in [0.1, 0.15) is 0 Å². The van der Waals surface area contributed by atoms with Gasteiger partial charge in [-0.3, -0.25) is 30.3 Å². The van der Waals surface area contributed by atoms with Gasteiger partial charge in [-0.2, -0.15) is 0 Å². The van der Waals surface area contributed by atoms with Gasteiger partial charge in [0, 0.05) is 0 Å². The molecule has 0 spiro atoms. The number of nitrogen functional groups attached to an aromatic ring is 1. The lowest BCUT2D eigenvalue weighted by Crippen LogP contribution is -2.04. The Kier molecular flexibility index (Phi) is 2.76. The number of hydrogen-bond acceptors (Lipinski definition) is 8. The summed E-state index contributed by atoms with van der Waals surface area (Å²) in [6.45, 7) is 0. The van der Waals surface area contributed by atoms with Crippen LogP contribution >= 0.6 is 0 Å². The zero-order valence-electron chi connectivity index (χ0n) is 7.89. The molecule has 0 saturated carbocycles. The minimum absolute atomic E-state index is 0.312. The number of hydrogen-bond donors (Lipinski definition) is 2. The molecule has 0 atom stereocenters. The molecule has 0 aliphatic rings. The van der Waals surface area contributed by atoms with E-state index in [4.69, 9.17) is 10.8 Å². The minimum Gasteiger partial charge on any atom is -0.502 e. The molecule has 1 rings (SSSR count). The molecule has 0 aromatic heterocycles. The summed E-state index contributed by atoms with van der Waals surface area (Å²) in [5, 5.41) is 40.6. The molecule has 0 heterocycles. The number of aromatic hydroxyl groups is 1. The number of nitrogens with zero attached hydrogens (tertiary/aromatic N) is 3. The van der Waals surface area contributed by atoms with Crippen LogP contribution < -0.4 is 5.73 Å². The highest BCUT2D eigenvalue weighted by molar-refractivity contribution is 5.82. The SMILES string of the molecule is Nc1c([N+](=O)[O-])c(O)cc([N+](=O)[O-])c1[N+](=O)[O-]. The molecule has 0 unspecified atom stereocenters. The maximum Gasteiger partial charge on any atom is 0.376 e. The van der Waals surface area contributed by atoms with Crippen LogP contribution in [-0.4, -0.2) is 19.9 Å². The molecule has 11 heteroatoms. The molecule has 0 fully saturated rings. The summed E-state index contributed by atoms with van der Waals surface area (Å²) in [6, 6.07) is 0.312. The molecular formula is C6H4N4O7. The molecule has 1 aromatic rings. The van der Waals surface area contributed by atoms with Crippen LogP contribution in [-0.2, 0) is 0 Å². The number of rotatable bonds is 3. The minimum atomic E-state index is -1.22. The molecular weight excluding hydrogens is 240 g/mol. The highest BCUT2D eigenvalue weighted by Gasteiger charge is 2.37. The predicted molar refractivity (Wildman–Crippen MR) is 52.5 cm³/mol. The first-order valence-electron chi connectivity index (χ1n) is 3.86. The second kappa shape index (κ2) is 3.88. The van der Waals surface area contributed by atoms with Gasteiger partial charge in [-0.05, 0) is 0 Å². The van der Waals surface area contributed by atoms with Crippen LogP contribution in [0.2, 0.25) is 0 Å². The monoisotopic (exact) mass is 244 g/mol. The Morgan fingerprint density at radius 3 is 1.82 bits per heavy atom. The Labute approximate surface area is 91.5 Å². The van der Waals surface area contributed by atoms with Crippen molar-refractivity contribution >= 4 is 22.7 Å². The summed E-state index contributed by atoms with van der Waals surface area (Å²) >= 11 is 0. The normalized spacial score (nSPS) is 9.88. The smallest absolute Gasteiger partial charge is 0.376 e. The van der Waals surface area contributed by atoms with Gasteiger partial charge in [-0.1, -0.05) is 0 Å². The lowest BCUT2D eigenvalue weighted by Gasteiger charge is -2.01. The number of nitro groups is 3. The van der Waals surface area contributed by atoms with Gasteiger partial charge in [0.15, 0.2) is 0 Å². The Balaban J connectivity index is 3.76. The molecule has 1 aromatic carbocycles. The largest absolute Gasteiger partial charge is 0.502 e. The standard InChI is InChI=1S/C6H4N4O7/c7-4-5(9(14)15)2(8(12)13)1-3(11)6(4)10(16)17/h1,11H,7H2. The van der Waals surface area contributed by atoms with Crippen molar-refractivity contribution < 1.29 is 19.9 Å². The second-order valence-corrected chi connectivity index (χ2v) is 2.80. The maximum atomic E-state index is 10.6. The van der Waals surface area contributed by atoms with Crippen molar-refractivity contribution in [1.82, 2.24) is 0 Å². The molecule has 0 saturated heterocycles. The first-order valence-corrected chi connectivity index (χ1v) is 3.86. The van der Waals surface area contributed by atoms with E-state index in [9.17, 15) is 30.3 Å². The van der Waals surface area contributed by atoms with Crippen molar-refractivity contribution in [3.63, 3.8) is 0 Å². The van der Waals surface area contributed by atoms with Gasteiger partial charge in [0.25, 0.3) is 0 Å². The van der Waals surface area contributed by atoms with Crippen LogP contribution in [0.1, 0.15) is 0 Å². The number of phenolic OH excluding ortho intramolecular Hbond substituents is 1. The fraction of sp³-hybridized carbons (Fsp3) is 0. The third-order valence-electron chi connectivity index (χ3n) is 1.83. The maximum absolute atomic E-state index is 10.6. The molecule has 17 heavy (non-hydrogen) atoms. The van der Waals surface area contributed by atoms with E-state index in [1.807, 2.05) is 0 Å². The highest BCUT2D eigenvalue weighted by atomic mass is 16.6. The third-order valence-corrected chi connectivity index (χ3v) is 1.83. The summed E-state index contributed by atoms with van der Waals surface area (Å²) in [5.74, 6) is -1.11. The summed E-state index contributed by atoms with van der Waals surface area (Å²) in [7, 11) is 0. The van der Waals surface area contributed by atoms with E-state index in [1.54, 1.807) is 0 Å². The van der Waals surface area contributed by atoms with Crippen LogP contribution in [0, 0.1) is 30.3 Å². The third kappa shape index (κ3) is 1.88. The van der Waals surface area contributed by atoms with E-state index in [-0.39, 0.29) is 0 Å². The summed E-state index contributed by atoms with van der Waals surface area (Å²) in [6.07, 6.45) is 0. The Bertz CT molecular complexity index is 540. The van der Waals surface area contributed by atoms with Crippen LogP contribution in [0.4, 0.5) is 22.7 Å². The second-order valence-electron chi connectivity index (χ2n) is 2.80. The summed E-state index contributed by atoms with van der Waals surface area (Å²) < 4.78 is 0. The first kappa shape index (κ1) is 12.1. The molecule has 0 aliphatic carbocycles. The highest BCUT2D eigenvalue weighted by Crippen LogP contribution is 2.44. The van der Waals surface area contributed by atoms with E-state index in [0.29, 0.717) is 6.07 Å². The fourth-order valence-electron chi connectivity index (χ4n) is 1.18. The van der Waals surface area contributed by atoms with Crippen LogP contribution in [0.15, 0.2) is 6.07 Å². The Morgan fingerprint density at radius 1 is 1.00 bits per heavy atom. The Morgan fingerprint density at radius 2 is 1.47 bits per heavy atom. The van der Waals surface area contributed by atoms with Crippen molar-refractivity contribution in [1.29, 1.82) is 0 Å². The number of nitro benzene ring substituents is 3. The first-order chi connectivity index (χ1) is 7.77.